The second kappa shape index (κ2) is 6.93. The zero-order valence-corrected chi connectivity index (χ0v) is 10.2. The molecular formula is C12H22O5. The summed E-state index contributed by atoms with van der Waals surface area (Å²) in [4.78, 5) is 10.4. The first-order chi connectivity index (χ1) is 8.06. The van der Waals surface area contributed by atoms with Crippen LogP contribution in [-0.4, -0.2) is 45.7 Å². The number of aliphatic carboxylic acids is 1. The highest BCUT2D eigenvalue weighted by Crippen LogP contribution is 2.31. The molecule has 1 fully saturated rings. The van der Waals surface area contributed by atoms with Crippen molar-refractivity contribution in [2.45, 2.75) is 69.9 Å². The number of epoxide rings is 1. The summed E-state index contributed by atoms with van der Waals surface area (Å²) in [5.41, 5.74) is 0. The van der Waals surface area contributed by atoms with Crippen LogP contribution in [0.5, 0.6) is 0 Å². The molecule has 0 bridgehead atoms. The molecule has 0 aromatic heterocycles. The molecule has 0 spiro atoms. The van der Waals surface area contributed by atoms with Crippen LogP contribution >= 0.6 is 0 Å². The molecule has 1 saturated heterocycles. The van der Waals surface area contributed by atoms with Gasteiger partial charge in [0.1, 0.15) is 0 Å². The number of ether oxygens (including phenoxy) is 1. The smallest absolute Gasteiger partial charge is 0.335 e. The minimum absolute atomic E-state index is 0.141. The Kier molecular flexibility index (Phi) is 5.88. The van der Waals surface area contributed by atoms with Crippen LogP contribution in [0.2, 0.25) is 0 Å². The fourth-order valence-corrected chi connectivity index (χ4v) is 1.94. The van der Waals surface area contributed by atoms with E-state index in [1.165, 1.54) is 12.8 Å². The Labute approximate surface area is 101 Å². The summed E-state index contributed by atoms with van der Waals surface area (Å²) >= 11 is 0. The summed E-state index contributed by atoms with van der Waals surface area (Å²) in [6.07, 6.45) is 2.98. The molecule has 1 aliphatic heterocycles. The Bertz CT molecular complexity index is 243. The fraction of sp³-hybridized carbons (Fsp3) is 0.917. The van der Waals surface area contributed by atoms with Gasteiger partial charge in [0.05, 0.1) is 18.3 Å². The van der Waals surface area contributed by atoms with Crippen molar-refractivity contribution in [3.05, 3.63) is 0 Å². The minimum Gasteiger partial charge on any atom is -0.479 e. The lowest BCUT2D eigenvalue weighted by molar-refractivity contribution is -0.153. The molecule has 0 amide bonds. The van der Waals surface area contributed by atoms with E-state index in [1.54, 1.807) is 0 Å². The lowest BCUT2D eigenvalue weighted by Gasteiger charge is -2.12. The molecule has 4 unspecified atom stereocenters. The molecular weight excluding hydrogens is 224 g/mol. The third-order valence-electron chi connectivity index (χ3n) is 3.14. The van der Waals surface area contributed by atoms with E-state index in [4.69, 9.17) is 14.9 Å². The van der Waals surface area contributed by atoms with Crippen molar-refractivity contribution in [3.8, 4) is 0 Å². The number of aliphatic hydroxyl groups is 2. The largest absolute Gasteiger partial charge is 0.479 e. The average Bonchev–Trinajstić information content (AvgIpc) is 3.04. The summed E-state index contributed by atoms with van der Waals surface area (Å²) in [6, 6.07) is 0. The van der Waals surface area contributed by atoms with E-state index in [-0.39, 0.29) is 18.6 Å². The van der Waals surface area contributed by atoms with Gasteiger partial charge < -0.3 is 20.1 Å². The summed E-state index contributed by atoms with van der Waals surface area (Å²) in [5, 5.41) is 26.9. The monoisotopic (exact) mass is 246 g/mol. The second-order valence-corrected chi connectivity index (χ2v) is 4.64. The van der Waals surface area contributed by atoms with E-state index in [0.717, 1.165) is 12.8 Å². The molecule has 100 valence electrons. The highest BCUT2D eigenvalue weighted by atomic mass is 16.6. The number of carboxylic acids is 1. The molecule has 4 atom stereocenters. The molecule has 0 aliphatic carbocycles. The van der Waals surface area contributed by atoms with Crippen molar-refractivity contribution in [2.75, 3.05) is 0 Å². The van der Waals surface area contributed by atoms with Crippen molar-refractivity contribution >= 4 is 5.97 Å². The molecule has 1 rings (SSSR count). The molecule has 17 heavy (non-hydrogen) atoms. The van der Waals surface area contributed by atoms with Crippen molar-refractivity contribution in [2.24, 2.45) is 0 Å². The highest BCUT2D eigenvalue weighted by molar-refractivity contribution is 5.72. The van der Waals surface area contributed by atoms with E-state index < -0.39 is 18.2 Å². The van der Waals surface area contributed by atoms with Crippen molar-refractivity contribution in [1.29, 1.82) is 0 Å². The quantitative estimate of drug-likeness (QED) is 0.416. The maximum atomic E-state index is 10.4. The van der Waals surface area contributed by atoms with Gasteiger partial charge in [0, 0.05) is 0 Å². The normalized spacial score (nSPS) is 26.5. The molecule has 0 aromatic rings. The first-order valence-corrected chi connectivity index (χ1v) is 6.30. The van der Waals surface area contributed by atoms with E-state index in [0.29, 0.717) is 6.42 Å². The van der Waals surface area contributed by atoms with Gasteiger partial charge in [-0.05, 0) is 19.3 Å². The Morgan fingerprint density at radius 3 is 2.47 bits per heavy atom. The molecule has 0 saturated carbocycles. The van der Waals surface area contributed by atoms with Crippen LogP contribution in [0.25, 0.3) is 0 Å². The Hall–Kier alpha value is -0.650. The van der Waals surface area contributed by atoms with Crippen LogP contribution < -0.4 is 0 Å². The predicted molar refractivity (Wildman–Crippen MR) is 61.7 cm³/mol. The van der Waals surface area contributed by atoms with Crippen LogP contribution in [0.3, 0.4) is 0 Å². The van der Waals surface area contributed by atoms with Crippen LogP contribution in [-0.2, 0) is 9.53 Å². The summed E-state index contributed by atoms with van der Waals surface area (Å²) in [6.45, 7) is 2.15. The van der Waals surface area contributed by atoms with Crippen LogP contribution in [0.15, 0.2) is 0 Å². The number of hydrogen-bond acceptors (Lipinski definition) is 4. The summed E-state index contributed by atoms with van der Waals surface area (Å²) in [5.74, 6) is -1.38. The summed E-state index contributed by atoms with van der Waals surface area (Å²) in [7, 11) is 0. The Morgan fingerprint density at radius 2 is 1.88 bits per heavy atom. The highest BCUT2D eigenvalue weighted by Gasteiger charge is 2.38. The van der Waals surface area contributed by atoms with Crippen molar-refractivity contribution < 1.29 is 24.9 Å². The van der Waals surface area contributed by atoms with Gasteiger partial charge in [-0.1, -0.05) is 26.2 Å². The third-order valence-corrected chi connectivity index (χ3v) is 3.14. The molecule has 3 N–H and O–H groups in total. The zero-order chi connectivity index (χ0) is 12.8. The predicted octanol–water partition coefficient (Wildman–Crippen LogP) is 0.921. The molecule has 1 aliphatic rings. The standard InChI is InChI=1S/C12H22O5/c1-2-3-4-5-9-10(17-9)7-6-8(13)11(14)12(15)16/h8-11,13-14H,2-7H2,1H3,(H,15,16). The second-order valence-electron chi connectivity index (χ2n) is 4.64. The number of unbranched alkanes of at least 4 members (excludes halogenated alkanes) is 2. The maximum Gasteiger partial charge on any atom is 0.335 e. The van der Waals surface area contributed by atoms with Gasteiger partial charge >= 0.3 is 5.97 Å². The minimum atomic E-state index is -1.69. The lowest BCUT2D eigenvalue weighted by atomic mass is 10.0. The van der Waals surface area contributed by atoms with Gasteiger partial charge in [0.15, 0.2) is 6.10 Å². The van der Waals surface area contributed by atoms with E-state index in [1.807, 2.05) is 0 Å². The van der Waals surface area contributed by atoms with Crippen molar-refractivity contribution in [3.63, 3.8) is 0 Å². The number of carbonyl (C=O) groups is 1. The van der Waals surface area contributed by atoms with Gasteiger partial charge in [-0.25, -0.2) is 4.79 Å². The molecule has 1 heterocycles. The number of hydrogen-bond donors (Lipinski definition) is 3. The molecule has 0 radical (unpaired) electrons. The van der Waals surface area contributed by atoms with Crippen LogP contribution in [0, 0.1) is 0 Å². The molecule has 5 heteroatoms. The van der Waals surface area contributed by atoms with Crippen molar-refractivity contribution in [1.82, 2.24) is 0 Å². The number of rotatable bonds is 9. The Balaban J connectivity index is 2.07. The first-order valence-electron chi connectivity index (χ1n) is 6.30. The van der Waals surface area contributed by atoms with Crippen LogP contribution in [0.4, 0.5) is 0 Å². The number of aliphatic hydroxyl groups excluding tert-OH is 2. The maximum absolute atomic E-state index is 10.4. The average molecular weight is 246 g/mol. The molecule has 5 nitrogen and oxygen atoms in total. The SMILES string of the molecule is CCCCCC1OC1CCC(O)C(O)C(=O)O. The number of carboxylic acid groups (broad SMARTS) is 1. The zero-order valence-electron chi connectivity index (χ0n) is 10.2. The fourth-order valence-electron chi connectivity index (χ4n) is 1.94. The molecule has 0 aromatic carbocycles. The summed E-state index contributed by atoms with van der Waals surface area (Å²) < 4.78 is 5.41. The topological polar surface area (TPSA) is 90.3 Å². The van der Waals surface area contributed by atoms with Gasteiger partial charge in [-0.2, -0.15) is 0 Å². The van der Waals surface area contributed by atoms with E-state index >= 15 is 0 Å². The van der Waals surface area contributed by atoms with Gasteiger partial charge in [0.25, 0.3) is 0 Å². The van der Waals surface area contributed by atoms with Gasteiger partial charge in [-0.3, -0.25) is 0 Å². The lowest BCUT2D eigenvalue weighted by Crippen LogP contribution is -2.33. The van der Waals surface area contributed by atoms with E-state index in [9.17, 15) is 9.90 Å². The van der Waals surface area contributed by atoms with E-state index in [2.05, 4.69) is 6.92 Å². The Morgan fingerprint density at radius 1 is 1.24 bits per heavy atom. The first kappa shape index (κ1) is 14.4. The van der Waals surface area contributed by atoms with Crippen LogP contribution in [0.1, 0.15) is 45.4 Å². The van der Waals surface area contributed by atoms with Gasteiger partial charge in [0.2, 0.25) is 0 Å². The third kappa shape index (κ3) is 5.02. The van der Waals surface area contributed by atoms with Gasteiger partial charge in [-0.15, -0.1) is 0 Å².